The molecule has 10 nitrogen and oxygen atoms in total. The van der Waals surface area contributed by atoms with E-state index in [1.54, 1.807) is 123 Å². The van der Waals surface area contributed by atoms with E-state index in [9.17, 15) is 19.8 Å². The Hall–Kier alpha value is -6.04. The third-order valence-corrected chi connectivity index (χ3v) is 10.5. The Bertz CT molecular complexity index is 2790. The number of carbonyl (C=O) groups is 2. The molecule has 0 aliphatic carbocycles. The molecule has 56 heavy (non-hydrogen) atoms. The van der Waals surface area contributed by atoms with Gasteiger partial charge in [-0.1, -0.05) is 107 Å². The van der Waals surface area contributed by atoms with Gasteiger partial charge in [-0.15, -0.1) is 20.5 Å². The number of nitrogens with zero attached hydrogens (tertiary/aromatic N) is 4. The highest BCUT2D eigenvalue weighted by molar-refractivity contribution is 6.44. The number of halogens is 4. The van der Waals surface area contributed by atoms with Crippen LogP contribution in [0.25, 0.3) is 21.5 Å². The van der Waals surface area contributed by atoms with Crippen molar-refractivity contribution in [1.82, 2.24) is 0 Å². The molecule has 4 N–H and O–H groups in total. The van der Waals surface area contributed by atoms with Gasteiger partial charge in [-0.05, 0) is 84.3 Å². The molecular weight excluding hydrogens is 794 g/mol. The van der Waals surface area contributed by atoms with Crippen molar-refractivity contribution < 1.29 is 19.8 Å². The lowest BCUT2D eigenvalue weighted by molar-refractivity contribution is 0.101. The second-order valence-corrected chi connectivity index (χ2v) is 14.2. The molecule has 278 valence electrons. The maximum absolute atomic E-state index is 13.8. The van der Waals surface area contributed by atoms with Crippen molar-refractivity contribution >= 4 is 114 Å². The number of nitrogens with one attached hydrogen (secondary N) is 2. The van der Waals surface area contributed by atoms with Gasteiger partial charge in [-0.2, -0.15) is 0 Å². The standard InChI is InChI=1S/C42H28Cl4N6O4/c1-21-17-25(47-41(55)28-19-23-9-3-5-11-26(23)37(39(28)53)51-49-32-15-7-13-30(43)34(32)45)18-22(2)36(21)48-42(56)29-20-24-10-4-6-12-27(24)38(40(29)54)52-50-33-16-8-14-31(44)35(33)46/h3-20,53-54H,1-2H3,(H,47,55)(H,48,56). The Morgan fingerprint density at radius 2 is 0.964 bits per heavy atom. The third-order valence-electron chi connectivity index (χ3n) is 8.89. The molecule has 0 aliphatic rings. The Labute approximate surface area is 340 Å². The minimum atomic E-state index is -0.608. The second kappa shape index (κ2) is 16.0. The molecule has 0 radical (unpaired) electrons. The lowest BCUT2D eigenvalue weighted by atomic mass is 10.0. The van der Waals surface area contributed by atoms with E-state index in [0.717, 1.165) is 0 Å². The SMILES string of the molecule is Cc1cc(NC(=O)c2cc3ccccc3c(N=Nc3cccc(Cl)c3Cl)c2O)cc(C)c1NC(=O)c1cc2ccccc2c(N=Nc2cccc(Cl)c2Cl)c1O. The van der Waals surface area contributed by atoms with Crippen molar-refractivity contribution in [1.29, 1.82) is 0 Å². The van der Waals surface area contributed by atoms with Crippen LogP contribution in [0.3, 0.4) is 0 Å². The van der Waals surface area contributed by atoms with Crippen LogP contribution in [-0.2, 0) is 0 Å². The van der Waals surface area contributed by atoms with Gasteiger partial charge in [-0.25, -0.2) is 0 Å². The number of amides is 2. The zero-order valence-corrected chi connectivity index (χ0v) is 32.4. The molecule has 0 spiro atoms. The highest BCUT2D eigenvalue weighted by atomic mass is 35.5. The number of aryl methyl sites for hydroxylation is 2. The van der Waals surface area contributed by atoms with E-state index in [1.807, 2.05) is 0 Å². The molecule has 0 aliphatic heterocycles. The Morgan fingerprint density at radius 1 is 0.536 bits per heavy atom. The van der Waals surface area contributed by atoms with Gasteiger partial charge >= 0.3 is 0 Å². The fourth-order valence-corrected chi connectivity index (χ4v) is 6.81. The summed E-state index contributed by atoms with van der Waals surface area (Å²) in [5.74, 6) is -1.98. The van der Waals surface area contributed by atoms with Crippen molar-refractivity contribution in [3.63, 3.8) is 0 Å². The van der Waals surface area contributed by atoms with Crippen LogP contribution in [0.5, 0.6) is 11.5 Å². The number of aromatic hydroxyl groups is 2. The van der Waals surface area contributed by atoms with Crippen molar-refractivity contribution in [3.05, 3.63) is 152 Å². The van der Waals surface area contributed by atoms with Crippen LogP contribution in [0.1, 0.15) is 31.8 Å². The molecule has 14 heteroatoms. The van der Waals surface area contributed by atoms with Gasteiger partial charge in [0.15, 0.2) is 11.5 Å². The predicted molar refractivity (Wildman–Crippen MR) is 224 cm³/mol. The number of fused-ring (bicyclic) bond motifs is 2. The van der Waals surface area contributed by atoms with E-state index < -0.39 is 11.8 Å². The van der Waals surface area contributed by atoms with Crippen LogP contribution >= 0.6 is 46.4 Å². The number of benzene rings is 7. The van der Waals surface area contributed by atoms with E-state index in [1.165, 1.54) is 0 Å². The largest absolute Gasteiger partial charge is 0.505 e. The van der Waals surface area contributed by atoms with Crippen molar-refractivity contribution in [2.45, 2.75) is 13.8 Å². The number of carbonyl (C=O) groups excluding carboxylic acids is 2. The number of phenols is 2. The number of azo groups is 2. The minimum Gasteiger partial charge on any atom is -0.505 e. The molecule has 0 heterocycles. The predicted octanol–water partition coefficient (Wildman–Crippen LogP) is 14.0. The highest BCUT2D eigenvalue weighted by Crippen LogP contribution is 2.43. The maximum atomic E-state index is 13.8. The summed E-state index contributed by atoms with van der Waals surface area (Å²) in [6, 6.07) is 30.6. The van der Waals surface area contributed by atoms with Gasteiger partial charge in [0.1, 0.15) is 22.7 Å². The Morgan fingerprint density at radius 3 is 1.43 bits per heavy atom. The average Bonchev–Trinajstić information content (AvgIpc) is 3.18. The molecular formula is C42H28Cl4N6O4. The van der Waals surface area contributed by atoms with E-state index in [2.05, 4.69) is 31.1 Å². The number of hydrogen-bond donors (Lipinski definition) is 4. The average molecular weight is 823 g/mol. The van der Waals surface area contributed by atoms with Gasteiger partial charge < -0.3 is 20.8 Å². The Kier molecular flexibility index (Phi) is 10.9. The monoisotopic (exact) mass is 820 g/mol. The molecule has 0 saturated heterocycles. The molecule has 0 bridgehead atoms. The van der Waals surface area contributed by atoms with Crippen LogP contribution in [0, 0.1) is 13.8 Å². The van der Waals surface area contributed by atoms with Gasteiger partial charge in [0, 0.05) is 22.1 Å². The molecule has 0 aromatic heterocycles. The summed E-state index contributed by atoms with van der Waals surface area (Å²) in [5.41, 5.74) is 2.73. The van der Waals surface area contributed by atoms with Crippen LogP contribution in [-0.4, -0.2) is 22.0 Å². The van der Waals surface area contributed by atoms with Gasteiger partial charge in [0.25, 0.3) is 11.8 Å². The molecule has 0 fully saturated rings. The summed E-state index contributed by atoms with van der Waals surface area (Å²) in [6.07, 6.45) is 0. The number of rotatable bonds is 8. The third kappa shape index (κ3) is 7.60. The lowest BCUT2D eigenvalue weighted by Gasteiger charge is -2.16. The molecule has 7 aromatic carbocycles. The van der Waals surface area contributed by atoms with Gasteiger partial charge in [0.2, 0.25) is 0 Å². The number of anilines is 2. The molecule has 0 saturated carbocycles. The summed E-state index contributed by atoms with van der Waals surface area (Å²) >= 11 is 24.9. The lowest BCUT2D eigenvalue weighted by Crippen LogP contribution is -2.16. The zero-order chi connectivity index (χ0) is 39.7. The van der Waals surface area contributed by atoms with Gasteiger partial charge in [-0.3, -0.25) is 9.59 Å². The first-order valence-corrected chi connectivity index (χ1v) is 18.4. The summed E-state index contributed by atoms with van der Waals surface area (Å²) in [6.45, 7) is 3.53. The van der Waals surface area contributed by atoms with Crippen LogP contribution in [0.2, 0.25) is 20.1 Å². The van der Waals surface area contributed by atoms with Crippen LogP contribution < -0.4 is 10.6 Å². The second-order valence-electron chi connectivity index (χ2n) is 12.6. The summed E-state index contributed by atoms with van der Waals surface area (Å²) in [7, 11) is 0. The zero-order valence-electron chi connectivity index (χ0n) is 29.4. The topological polar surface area (TPSA) is 148 Å². The smallest absolute Gasteiger partial charge is 0.259 e. The molecule has 0 unspecified atom stereocenters. The molecule has 0 atom stereocenters. The van der Waals surface area contributed by atoms with Crippen molar-refractivity contribution in [3.8, 4) is 11.5 Å². The van der Waals surface area contributed by atoms with Crippen molar-refractivity contribution in [2.75, 3.05) is 10.6 Å². The first-order chi connectivity index (χ1) is 26.9. The van der Waals surface area contributed by atoms with E-state index in [-0.39, 0.29) is 55.4 Å². The first-order valence-electron chi connectivity index (χ1n) is 16.9. The molecule has 7 aromatic rings. The molecule has 7 rings (SSSR count). The Balaban J connectivity index is 1.17. The number of phenolic OH excluding ortho intramolecular Hbond substituents is 2. The summed E-state index contributed by atoms with van der Waals surface area (Å²) < 4.78 is 0. The van der Waals surface area contributed by atoms with Crippen molar-refractivity contribution in [2.24, 2.45) is 20.5 Å². The molecule has 2 amide bonds. The fourth-order valence-electron chi connectivity index (χ4n) is 6.14. The van der Waals surface area contributed by atoms with Crippen LogP contribution in [0.15, 0.2) is 130 Å². The van der Waals surface area contributed by atoms with E-state index in [0.29, 0.717) is 54.1 Å². The highest BCUT2D eigenvalue weighted by Gasteiger charge is 2.22. The van der Waals surface area contributed by atoms with E-state index in [4.69, 9.17) is 46.4 Å². The number of hydrogen-bond acceptors (Lipinski definition) is 8. The fraction of sp³-hybridized carbons (Fsp3) is 0.0476. The normalized spacial score (nSPS) is 11.5. The quantitative estimate of drug-likeness (QED) is 0.113. The minimum absolute atomic E-state index is 0.0385. The maximum Gasteiger partial charge on any atom is 0.259 e. The van der Waals surface area contributed by atoms with E-state index >= 15 is 0 Å². The first kappa shape index (κ1) is 38.2. The summed E-state index contributed by atoms with van der Waals surface area (Å²) in [4.78, 5) is 27.5. The summed E-state index contributed by atoms with van der Waals surface area (Å²) in [5, 5.41) is 48.9. The van der Waals surface area contributed by atoms with Gasteiger partial charge in [0.05, 0.1) is 31.2 Å². The van der Waals surface area contributed by atoms with Crippen LogP contribution in [0.4, 0.5) is 34.1 Å².